The number of guanidine groups is 1. The molecule has 0 spiro atoms. The first-order valence-corrected chi connectivity index (χ1v) is 10.7. The summed E-state index contributed by atoms with van der Waals surface area (Å²) < 4.78 is 0. The molecular weight excluding hydrogens is 457 g/mol. The van der Waals surface area contributed by atoms with Gasteiger partial charge in [0, 0.05) is 43.8 Å². The second kappa shape index (κ2) is 13.7. The summed E-state index contributed by atoms with van der Waals surface area (Å²) in [6.07, 6.45) is 8.77. The molecule has 0 aromatic carbocycles. The van der Waals surface area contributed by atoms with E-state index in [-0.39, 0.29) is 24.0 Å². The van der Waals surface area contributed by atoms with Crippen molar-refractivity contribution in [2.45, 2.75) is 64.8 Å². The minimum absolute atomic E-state index is 0. The summed E-state index contributed by atoms with van der Waals surface area (Å²) in [5.74, 6) is 0.926. The molecule has 0 radical (unpaired) electrons. The Hall–Kier alpha value is -0.410. The van der Waals surface area contributed by atoms with Gasteiger partial charge in [-0.15, -0.1) is 35.3 Å². The summed E-state index contributed by atoms with van der Waals surface area (Å²) in [6, 6.07) is 0.778. The van der Waals surface area contributed by atoms with Crippen molar-refractivity contribution in [3.05, 3.63) is 16.1 Å². The number of nitrogens with one attached hydrogen (secondary N) is 2. The van der Waals surface area contributed by atoms with Gasteiger partial charge in [-0.05, 0) is 52.0 Å². The monoisotopic (exact) mass is 493 g/mol. The van der Waals surface area contributed by atoms with Crippen molar-refractivity contribution in [1.29, 1.82) is 0 Å². The van der Waals surface area contributed by atoms with Crippen LogP contribution in [0.1, 0.15) is 56.2 Å². The van der Waals surface area contributed by atoms with E-state index in [4.69, 9.17) is 0 Å². The van der Waals surface area contributed by atoms with Crippen LogP contribution in [-0.2, 0) is 6.42 Å². The summed E-state index contributed by atoms with van der Waals surface area (Å²) in [7, 11) is 1.85. The van der Waals surface area contributed by atoms with Crippen molar-refractivity contribution in [3.8, 4) is 0 Å². The highest BCUT2D eigenvalue weighted by molar-refractivity contribution is 14.0. The molecule has 1 aromatic heterocycles. The molecule has 0 amide bonds. The average Bonchev–Trinajstić information content (AvgIpc) is 3.05. The highest BCUT2D eigenvalue weighted by Gasteiger charge is 2.19. The summed E-state index contributed by atoms with van der Waals surface area (Å²) in [4.78, 5) is 11.5. The van der Waals surface area contributed by atoms with Crippen LogP contribution in [0.25, 0.3) is 0 Å². The molecule has 0 bridgehead atoms. The fourth-order valence-corrected chi connectivity index (χ4v) is 4.30. The lowest BCUT2D eigenvalue weighted by atomic mass is 10.0. The van der Waals surface area contributed by atoms with Crippen LogP contribution in [0, 0.1) is 6.92 Å². The van der Waals surface area contributed by atoms with E-state index in [1.165, 1.54) is 43.7 Å². The second-order valence-electron chi connectivity index (χ2n) is 6.86. The highest BCUT2D eigenvalue weighted by atomic mass is 127. The first-order valence-electron chi connectivity index (χ1n) is 9.82. The minimum Gasteiger partial charge on any atom is -0.356 e. The molecule has 2 heterocycles. The molecule has 1 aliphatic heterocycles. The first kappa shape index (κ1) is 23.6. The third-order valence-electron chi connectivity index (χ3n) is 4.91. The van der Waals surface area contributed by atoms with E-state index in [0.29, 0.717) is 0 Å². The maximum absolute atomic E-state index is 4.51. The number of nitrogens with zero attached hydrogens (tertiary/aromatic N) is 3. The Morgan fingerprint density at radius 1 is 1.31 bits per heavy atom. The van der Waals surface area contributed by atoms with E-state index >= 15 is 0 Å². The van der Waals surface area contributed by atoms with Gasteiger partial charge in [0.15, 0.2) is 5.96 Å². The Kier molecular flexibility index (Phi) is 12.5. The average molecular weight is 494 g/mol. The Morgan fingerprint density at radius 3 is 2.81 bits per heavy atom. The molecule has 1 unspecified atom stereocenters. The normalized spacial score (nSPS) is 18.4. The number of halogens is 1. The van der Waals surface area contributed by atoms with Gasteiger partial charge in [-0.1, -0.05) is 13.3 Å². The number of aryl methyl sites for hydroxylation is 2. The highest BCUT2D eigenvalue weighted by Crippen LogP contribution is 2.18. The van der Waals surface area contributed by atoms with Gasteiger partial charge in [-0.3, -0.25) is 9.89 Å². The molecule has 26 heavy (non-hydrogen) atoms. The quantitative estimate of drug-likeness (QED) is 0.238. The number of unbranched alkanes of at least 4 members (excludes halogenated alkanes) is 1. The molecule has 1 fully saturated rings. The Labute approximate surface area is 180 Å². The number of rotatable bonds is 9. The zero-order valence-corrected chi connectivity index (χ0v) is 19.7. The number of hydrogen-bond acceptors (Lipinski definition) is 4. The van der Waals surface area contributed by atoms with Gasteiger partial charge in [0.05, 0.1) is 5.01 Å². The summed E-state index contributed by atoms with van der Waals surface area (Å²) in [6.45, 7) is 8.67. The second-order valence-corrected chi connectivity index (χ2v) is 7.80. The fourth-order valence-electron chi connectivity index (χ4n) is 3.48. The van der Waals surface area contributed by atoms with Gasteiger partial charge in [-0.2, -0.15) is 0 Å². The lowest BCUT2D eigenvalue weighted by Crippen LogP contribution is -2.46. The third kappa shape index (κ3) is 8.52. The molecule has 5 nitrogen and oxygen atoms in total. The van der Waals surface area contributed by atoms with Crippen LogP contribution in [0.4, 0.5) is 0 Å². The SMILES string of the molecule is CCC1CCCCN1CCNC(=NC)NCCCCc1nc(C)cs1.I. The van der Waals surface area contributed by atoms with Gasteiger partial charge < -0.3 is 10.6 Å². The first-order chi connectivity index (χ1) is 12.2. The molecule has 2 rings (SSSR count). The molecular formula is C19H36IN5S. The van der Waals surface area contributed by atoms with Crippen LogP contribution >= 0.6 is 35.3 Å². The van der Waals surface area contributed by atoms with Crippen LogP contribution in [-0.4, -0.2) is 55.1 Å². The lowest BCUT2D eigenvalue weighted by Gasteiger charge is -2.35. The van der Waals surface area contributed by atoms with E-state index in [1.54, 1.807) is 11.3 Å². The topological polar surface area (TPSA) is 52.5 Å². The van der Waals surface area contributed by atoms with Crippen LogP contribution < -0.4 is 10.6 Å². The summed E-state index contributed by atoms with van der Waals surface area (Å²) in [5, 5.41) is 10.3. The van der Waals surface area contributed by atoms with Crippen molar-refractivity contribution in [3.63, 3.8) is 0 Å². The number of thiazole rings is 1. The molecule has 0 aliphatic carbocycles. The van der Waals surface area contributed by atoms with E-state index < -0.39 is 0 Å². The maximum atomic E-state index is 4.51. The van der Waals surface area contributed by atoms with Crippen LogP contribution in [0.15, 0.2) is 10.4 Å². The van der Waals surface area contributed by atoms with Crippen molar-refractivity contribution in [1.82, 2.24) is 20.5 Å². The van der Waals surface area contributed by atoms with Crippen LogP contribution in [0.5, 0.6) is 0 Å². The zero-order chi connectivity index (χ0) is 17.9. The van der Waals surface area contributed by atoms with Crippen molar-refractivity contribution in [2.75, 3.05) is 33.2 Å². The van der Waals surface area contributed by atoms with Gasteiger partial charge in [0.25, 0.3) is 0 Å². The van der Waals surface area contributed by atoms with E-state index in [9.17, 15) is 0 Å². The lowest BCUT2D eigenvalue weighted by molar-refractivity contribution is 0.147. The fraction of sp³-hybridized carbons (Fsp3) is 0.789. The van der Waals surface area contributed by atoms with Gasteiger partial charge in [-0.25, -0.2) is 4.98 Å². The van der Waals surface area contributed by atoms with Crippen molar-refractivity contribution in [2.24, 2.45) is 4.99 Å². The van der Waals surface area contributed by atoms with E-state index in [0.717, 1.165) is 50.2 Å². The molecule has 1 aliphatic rings. The van der Waals surface area contributed by atoms with Gasteiger partial charge in [0.1, 0.15) is 0 Å². The Bertz CT molecular complexity index is 520. The molecule has 150 valence electrons. The van der Waals surface area contributed by atoms with Crippen LogP contribution in [0.3, 0.4) is 0 Å². The molecule has 1 atom stereocenters. The van der Waals surface area contributed by atoms with Crippen molar-refractivity contribution >= 4 is 41.3 Å². The minimum atomic E-state index is 0. The number of likely N-dealkylation sites (tertiary alicyclic amines) is 1. The van der Waals surface area contributed by atoms with E-state index in [1.807, 2.05) is 7.05 Å². The zero-order valence-electron chi connectivity index (χ0n) is 16.6. The number of aromatic nitrogens is 1. The number of piperidine rings is 1. The summed E-state index contributed by atoms with van der Waals surface area (Å²) >= 11 is 1.77. The largest absolute Gasteiger partial charge is 0.356 e. The number of aliphatic imine (C=N–C) groups is 1. The Balaban J connectivity index is 0.00000338. The maximum Gasteiger partial charge on any atom is 0.191 e. The third-order valence-corrected chi connectivity index (χ3v) is 5.94. The Morgan fingerprint density at radius 2 is 2.12 bits per heavy atom. The number of hydrogen-bond donors (Lipinski definition) is 2. The van der Waals surface area contributed by atoms with Gasteiger partial charge in [0.2, 0.25) is 0 Å². The van der Waals surface area contributed by atoms with E-state index in [2.05, 4.69) is 44.7 Å². The molecule has 2 N–H and O–H groups in total. The van der Waals surface area contributed by atoms with Gasteiger partial charge >= 0.3 is 0 Å². The smallest absolute Gasteiger partial charge is 0.191 e. The van der Waals surface area contributed by atoms with Crippen LogP contribution in [0.2, 0.25) is 0 Å². The predicted molar refractivity (Wildman–Crippen MR) is 124 cm³/mol. The summed E-state index contributed by atoms with van der Waals surface area (Å²) in [5.41, 5.74) is 1.14. The molecule has 0 saturated carbocycles. The predicted octanol–water partition coefficient (Wildman–Crippen LogP) is 3.82. The molecule has 7 heteroatoms. The standard InChI is InChI=1S/C19H35N5S.HI/c1-4-17-9-6-8-13-24(17)14-12-22-19(20-3)21-11-7-5-10-18-23-16(2)15-25-18;/h15,17H,4-14H2,1-3H3,(H2,20,21,22);1H. The molecule has 1 saturated heterocycles. The van der Waals surface area contributed by atoms with Crippen molar-refractivity contribution < 1.29 is 0 Å². The molecule has 1 aromatic rings.